The van der Waals surface area contributed by atoms with Gasteiger partial charge in [0.1, 0.15) is 0 Å². The van der Waals surface area contributed by atoms with Gasteiger partial charge in [0.25, 0.3) is 0 Å². The molecular formula is C14H21N3O2. The summed E-state index contributed by atoms with van der Waals surface area (Å²) < 4.78 is 5.63. The van der Waals surface area contributed by atoms with Gasteiger partial charge in [-0.25, -0.2) is 4.79 Å². The fourth-order valence-corrected chi connectivity index (χ4v) is 2.18. The number of hydrogen-bond acceptors (Lipinski definition) is 3. The van der Waals surface area contributed by atoms with Gasteiger partial charge in [0.15, 0.2) is 0 Å². The van der Waals surface area contributed by atoms with Gasteiger partial charge in [-0.1, -0.05) is 0 Å². The van der Waals surface area contributed by atoms with Crippen molar-refractivity contribution in [1.29, 1.82) is 0 Å². The molecule has 0 saturated carbocycles. The van der Waals surface area contributed by atoms with E-state index < -0.39 is 0 Å². The van der Waals surface area contributed by atoms with Gasteiger partial charge >= 0.3 is 6.03 Å². The first-order valence-corrected chi connectivity index (χ1v) is 6.70. The number of likely N-dealkylation sites (N-methyl/N-ethyl adjacent to an activating group) is 1. The normalized spacial score (nSPS) is 18.9. The average Bonchev–Trinajstić information content (AvgIpc) is 2.40. The summed E-state index contributed by atoms with van der Waals surface area (Å²) in [6.07, 6.45) is 6.91. The molecule has 0 spiro atoms. The maximum absolute atomic E-state index is 12.0. The van der Waals surface area contributed by atoms with E-state index in [1.807, 2.05) is 13.0 Å². The second-order valence-corrected chi connectivity index (χ2v) is 5.05. The lowest BCUT2D eigenvalue weighted by atomic mass is 10.1. The lowest BCUT2D eigenvalue weighted by Gasteiger charge is -2.27. The Labute approximate surface area is 114 Å². The first-order valence-electron chi connectivity index (χ1n) is 6.70. The average molecular weight is 263 g/mol. The molecule has 5 heteroatoms. The zero-order valence-electron chi connectivity index (χ0n) is 11.6. The molecule has 1 fully saturated rings. The van der Waals surface area contributed by atoms with Crippen LogP contribution in [0.4, 0.5) is 10.5 Å². The minimum atomic E-state index is -0.124. The van der Waals surface area contributed by atoms with Crippen molar-refractivity contribution in [3.05, 3.63) is 24.0 Å². The van der Waals surface area contributed by atoms with Gasteiger partial charge < -0.3 is 15.0 Å². The van der Waals surface area contributed by atoms with Crippen molar-refractivity contribution in [3.63, 3.8) is 0 Å². The molecule has 1 aliphatic heterocycles. The third-order valence-electron chi connectivity index (χ3n) is 3.22. The molecule has 1 aliphatic rings. The summed E-state index contributed by atoms with van der Waals surface area (Å²) in [5.74, 6) is 0. The van der Waals surface area contributed by atoms with Crippen molar-refractivity contribution in [2.24, 2.45) is 0 Å². The van der Waals surface area contributed by atoms with E-state index in [9.17, 15) is 4.79 Å². The number of nitrogens with zero attached hydrogens (tertiary/aromatic N) is 2. The van der Waals surface area contributed by atoms with Crippen LogP contribution in [0.1, 0.15) is 24.8 Å². The highest BCUT2D eigenvalue weighted by Crippen LogP contribution is 2.14. The fourth-order valence-electron chi connectivity index (χ4n) is 2.18. The van der Waals surface area contributed by atoms with Gasteiger partial charge in [0.2, 0.25) is 0 Å². The van der Waals surface area contributed by atoms with Gasteiger partial charge in [0.05, 0.1) is 18.0 Å². The molecular weight excluding hydrogens is 242 g/mol. The molecule has 1 aromatic heterocycles. The van der Waals surface area contributed by atoms with E-state index in [0.717, 1.165) is 30.7 Å². The number of hydrogen-bond donors (Lipinski definition) is 1. The van der Waals surface area contributed by atoms with Crippen molar-refractivity contribution in [2.75, 3.05) is 25.5 Å². The van der Waals surface area contributed by atoms with Crippen molar-refractivity contribution < 1.29 is 9.53 Å². The van der Waals surface area contributed by atoms with Crippen LogP contribution >= 0.6 is 0 Å². The minimum Gasteiger partial charge on any atom is -0.376 e. The van der Waals surface area contributed by atoms with Gasteiger partial charge in [-0.2, -0.15) is 0 Å². The highest BCUT2D eigenvalue weighted by molar-refractivity contribution is 5.89. The molecule has 0 bridgehead atoms. The smallest absolute Gasteiger partial charge is 0.321 e. The molecule has 0 radical (unpaired) electrons. The largest absolute Gasteiger partial charge is 0.376 e. The molecule has 0 aromatic carbocycles. The summed E-state index contributed by atoms with van der Waals surface area (Å²) >= 11 is 0. The first-order chi connectivity index (χ1) is 9.15. The van der Waals surface area contributed by atoms with Crippen LogP contribution < -0.4 is 5.32 Å². The number of rotatable bonds is 3. The van der Waals surface area contributed by atoms with Gasteiger partial charge in [0, 0.05) is 26.4 Å². The molecule has 1 saturated heterocycles. The number of aryl methyl sites for hydroxylation is 1. The number of amides is 2. The summed E-state index contributed by atoms with van der Waals surface area (Å²) in [6.45, 7) is 3.38. The summed E-state index contributed by atoms with van der Waals surface area (Å²) in [4.78, 5) is 17.7. The molecule has 0 aliphatic carbocycles. The van der Waals surface area contributed by atoms with Crippen LogP contribution in [-0.4, -0.2) is 42.2 Å². The molecule has 19 heavy (non-hydrogen) atoms. The summed E-state index contributed by atoms with van der Waals surface area (Å²) in [7, 11) is 1.79. The van der Waals surface area contributed by atoms with Crippen LogP contribution in [0, 0.1) is 6.92 Å². The van der Waals surface area contributed by atoms with Crippen LogP contribution in [-0.2, 0) is 4.74 Å². The lowest BCUT2D eigenvalue weighted by Crippen LogP contribution is -2.39. The number of aromatic nitrogens is 1. The van der Waals surface area contributed by atoms with Crippen molar-refractivity contribution >= 4 is 11.7 Å². The number of ether oxygens (including phenoxy) is 1. The lowest BCUT2D eigenvalue weighted by molar-refractivity contribution is 0.00463. The number of pyridine rings is 1. The predicted octanol–water partition coefficient (Wildman–Crippen LogP) is 2.42. The van der Waals surface area contributed by atoms with E-state index in [1.165, 1.54) is 6.42 Å². The molecule has 5 nitrogen and oxygen atoms in total. The maximum atomic E-state index is 12.0. The third kappa shape index (κ3) is 4.21. The van der Waals surface area contributed by atoms with E-state index in [0.29, 0.717) is 6.54 Å². The Balaban J connectivity index is 1.84. The number of carbonyl (C=O) groups is 1. The Bertz CT molecular complexity index is 430. The van der Waals surface area contributed by atoms with Crippen LogP contribution in [0.25, 0.3) is 0 Å². The van der Waals surface area contributed by atoms with Crippen molar-refractivity contribution in [2.45, 2.75) is 32.3 Å². The fraction of sp³-hybridized carbons (Fsp3) is 0.571. The van der Waals surface area contributed by atoms with Crippen LogP contribution in [0.15, 0.2) is 18.5 Å². The highest BCUT2D eigenvalue weighted by atomic mass is 16.5. The molecule has 104 valence electrons. The SMILES string of the molecule is Cc1cncc(NC(=O)N(C)C[C@H]2CCCCO2)c1. The maximum Gasteiger partial charge on any atom is 0.321 e. The van der Waals surface area contributed by atoms with Gasteiger partial charge in [-0.15, -0.1) is 0 Å². The molecule has 1 aromatic rings. The van der Waals surface area contributed by atoms with Crippen LogP contribution in [0.2, 0.25) is 0 Å². The van der Waals surface area contributed by atoms with E-state index in [2.05, 4.69) is 10.3 Å². The number of nitrogens with one attached hydrogen (secondary N) is 1. The number of anilines is 1. The molecule has 1 atom stereocenters. The number of urea groups is 1. The quantitative estimate of drug-likeness (QED) is 0.911. The second kappa shape index (κ2) is 6.52. The van der Waals surface area contributed by atoms with Crippen LogP contribution in [0.5, 0.6) is 0 Å². The zero-order valence-corrected chi connectivity index (χ0v) is 11.6. The number of carbonyl (C=O) groups excluding carboxylic acids is 1. The summed E-state index contributed by atoms with van der Waals surface area (Å²) in [5.41, 5.74) is 1.75. The Morgan fingerprint density at radius 1 is 1.53 bits per heavy atom. The van der Waals surface area contributed by atoms with E-state index in [4.69, 9.17) is 4.74 Å². The molecule has 2 amide bonds. The molecule has 1 N–H and O–H groups in total. The summed E-state index contributed by atoms with van der Waals surface area (Å²) in [6, 6.07) is 1.78. The Morgan fingerprint density at radius 3 is 3.05 bits per heavy atom. The standard InChI is InChI=1S/C14H21N3O2/c1-11-7-12(9-15-8-11)16-14(18)17(2)10-13-5-3-4-6-19-13/h7-9,13H,3-6,10H2,1-2H3,(H,16,18)/t13-/m1/s1. The summed E-state index contributed by atoms with van der Waals surface area (Å²) in [5, 5.41) is 2.84. The Hall–Kier alpha value is -1.62. The first kappa shape index (κ1) is 13.8. The van der Waals surface area contributed by atoms with Gasteiger partial charge in [-0.3, -0.25) is 4.98 Å². The molecule has 0 unspecified atom stereocenters. The predicted molar refractivity (Wildman–Crippen MR) is 74.2 cm³/mol. The molecule has 2 heterocycles. The highest BCUT2D eigenvalue weighted by Gasteiger charge is 2.18. The van der Waals surface area contributed by atoms with Crippen molar-refractivity contribution in [3.8, 4) is 0 Å². The monoisotopic (exact) mass is 263 g/mol. The van der Waals surface area contributed by atoms with E-state index in [-0.39, 0.29) is 12.1 Å². The second-order valence-electron chi connectivity index (χ2n) is 5.05. The van der Waals surface area contributed by atoms with Crippen LogP contribution in [0.3, 0.4) is 0 Å². The van der Waals surface area contributed by atoms with E-state index in [1.54, 1.807) is 24.3 Å². The van der Waals surface area contributed by atoms with Crippen molar-refractivity contribution in [1.82, 2.24) is 9.88 Å². The third-order valence-corrected chi connectivity index (χ3v) is 3.22. The topological polar surface area (TPSA) is 54.5 Å². The molecule has 2 rings (SSSR count). The minimum absolute atomic E-state index is 0.124. The van der Waals surface area contributed by atoms with E-state index >= 15 is 0 Å². The Kier molecular flexibility index (Phi) is 4.74. The zero-order chi connectivity index (χ0) is 13.7. The Morgan fingerprint density at radius 2 is 2.37 bits per heavy atom. The van der Waals surface area contributed by atoms with Gasteiger partial charge in [-0.05, 0) is 37.8 Å².